The van der Waals surface area contributed by atoms with Crippen molar-refractivity contribution in [2.75, 3.05) is 33.3 Å². The Labute approximate surface area is 185 Å². The molecule has 0 aromatic heterocycles. The molecule has 0 aliphatic rings. The highest BCUT2D eigenvalue weighted by atomic mass is 16.5. The average Bonchev–Trinajstić information content (AvgIpc) is 2.82. The van der Waals surface area contributed by atoms with Crippen LogP contribution < -0.4 is 24.3 Å². The summed E-state index contributed by atoms with van der Waals surface area (Å²) in [7, 11) is 4.43. The van der Waals surface area contributed by atoms with Crippen LogP contribution in [0.15, 0.2) is 66.7 Å². The molecule has 0 heterocycles. The monoisotopic (exact) mass is 437 g/mol. The summed E-state index contributed by atoms with van der Waals surface area (Å²) in [6.45, 7) is -0.491. The first-order valence-electron chi connectivity index (χ1n) is 9.64. The van der Waals surface area contributed by atoms with E-state index in [2.05, 4.69) is 5.32 Å². The number of para-hydroxylation sites is 2. The molecule has 166 valence electrons. The van der Waals surface area contributed by atoms with E-state index in [9.17, 15) is 9.59 Å². The molecule has 0 unspecified atom stereocenters. The second kappa shape index (κ2) is 10.7. The molecule has 0 saturated carbocycles. The smallest absolute Gasteiger partial charge is 0.342 e. The molecule has 8 heteroatoms. The topological polar surface area (TPSA) is 92.3 Å². The minimum Gasteiger partial charge on any atom is -0.493 e. The van der Waals surface area contributed by atoms with Crippen molar-refractivity contribution >= 4 is 17.6 Å². The summed E-state index contributed by atoms with van der Waals surface area (Å²) >= 11 is 0. The zero-order chi connectivity index (χ0) is 22.9. The van der Waals surface area contributed by atoms with Gasteiger partial charge >= 0.3 is 5.97 Å². The van der Waals surface area contributed by atoms with Crippen LogP contribution in [0.4, 0.5) is 5.69 Å². The van der Waals surface area contributed by atoms with Gasteiger partial charge in [0.05, 0.1) is 21.3 Å². The van der Waals surface area contributed by atoms with Gasteiger partial charge in [-0.15, -0.1) is 0 Å². The molecule has 1 N–H and O–H groups in total. The maximum atomic E-state index is 12.6. The van der Waals surface area contributed by atoms with Crippen molar-refractivity contribution in [3.05, 3.63) is 72.3 Å². The minimum absolute atomic E-state index is 0.205. The Bertz CT molecular complexity index is 1060. The molecule has 3 aromatic rings. The lowest BCUT2D eigenvalue weighted by Crippen LogP contribution is -2.21. The standard InChI is InChI=1S/C24H23NO7/c1-28-20-13-16(14-21(29-2)23(20)30-3)25-22(26)15-31-24(27)18-11-7-8-12-19(18)32-17-9-5-4-6-10-17/h4-14H,15H2,1-3H3,(H,25,26). The highest BCUT2D eigenvalue weighted by Gasteiger charge is 2.18. The van der Waals surface area contributed by atoms with E-state index < -0.39 is 18.5 Å². The number of methoxy groups -OCH3 is 3. The molecule has 3 rings (SSSR count). The number of hydrogen-bond acceptors (Lipinski definition) is 7. The Balaban J connectivity index is 1.65. The number of carbonyl (C=O) groups is 2. The van der Waals surface area contributed by atoms with Gasteiger partial charge in [-0.2, -0.15) is 0 Å². The zero-order valence-corrected chi connectivity index (χ0v) is 17.9. The Morgan fingerprint density at radius 3 is 2.03 bits per heavy atom. The lowest BCUT2D eigenvalue weighted by molar-refractivity contribution is -0.119. The normalized spacial score (nSPS) is 10.1. The van der Waals surface area contributed by atoms with Gasteiger partial charge < -0.3 is 29.0 Å². The molecule has 0 spiro atoms. The van der Waals surface area contributed by atoms with E-state index in [4.69, 9.17) is 23.7 Å². The van der Waals surface area contributed by atoms with E-state index in [0.29, 0.717) is 34.4 Å². The summed E-state index contributed by atoms with van der Waals surface area (Å²) in [5, 5.41) is 2.64. The Hall–Kier alpha value is -4.20. The number of ether oxygens (including phenoxy) is 5. The van der Waals surface area contributed by atoms with Gasteiger partial charge in [-0.3, -0.25) is 4.79 Å². The van der Waals surface area contributed by atoms with E-state index >= 15 is 0 Å². The van der Waals surface area contributed by atoms with Crippen LogP contribution in [0.3, 0.4) is 0 Å². The molecule has 0 saturated heterocycles. The van der Waals surface area contributed by atoms with E-state index in [1.165, 1.54) is 21.3 Å². The number of amides is 1. The molecule has 0 atom stereocenters. The van der Waals surface area contributed by atoms with Gasteiger partial charge in [0.15, 0.2) is 18.1 Å². The third-order valence-electron chi connectivity index (χ3n) is 4.36. The summed E-state index contributed by atoms with van der Waals surface area (Å²) < 4.78 is 26.7. The van der Waals surface area contributed by atoms with E-state index in [0.717, 1.165) is 0 Å². The fourth-order valence-corrected chi connectivity index (χ4v) is 2.90. The van der Waals surface area contributed by atoms with Crippen LogP contribution >= 0.6 is 0 Å². The Morgan fingerprint density at radius 1 is 0.781 bits per heavy atom. The van der Waals surface area contributed by atoms with Crippen LogP contribution in [0.5, 0.6) is 28.7 Å². The van der Waals surface area contributed by atoms with Gasteiger partial charge in [0.2, 0.25) is 5.75 Å². The summed E-state index contributed by atoms with van der Waals surface area (Å²) in [6.07, 6.45) is 0. The predicted molar refractivity (Wildman–Crippen MR) is 118 cm³/mol. The van der Waals surface area contributed by atoms with E-state index in [-0.39, 0.29) is 5.56 Å². The SMILES string of the molecule is COc1cc(NC(=O)COC(=O)c2ccccc2Oc2ccccc2)cc(OC)c1OC. The summed E-state index contributed by atoms with van der Waals surface area (Å²) in [5.41, 5.74) is 0.602. The zero-order valence-electron chi connectivity index (χ0n) is 17.9. The first-order chi connectivity index (χ1) is 15.5. The Morgan fingerprint density at radius 2 is 1.41 bits per heavy atom. The third kappa shape index (κ3) is 5.48. The van der Waals surface area contributed by atoms with Gasteiger partial charge in [0.1, 0.15) is 17.1 Å². The molecule has 3 aromatic carbocycles. The van der Waals surface area contributed by atoms with Gasteiger partial charge in [0, 0.05) is 17.8 Å². The highest BCUT2D eigenvalue weighted by molar-refractivity contribution is 5.97. The average molecular weight is 437 g/mol. The van der Waals surface area contributed by atoms with Crippen LogP contribution in [-0.4, -0.2) is 39.8 Å². The van der Waals surface area contributed by atoms with Gasteiger partial charge in [-0.25, -0.2) is 4.79 Å². The van der Waals surface area contributed by atoms with Crippen molar-refractivity contribution < 1.29 is 33.3 Å². The van der Waals surface area contributed by atoms with Gasteiger partial charge in [-0.1, -0.05) is 30.3 Å². The Kier molecular flexibility index (Phi) is 7.53. The van der Waals surface area contributed by atoms with Crippen LogP contribution in [0, 0.1) is 0 Å². The van der Waals surface area contributed by atoms with Gasteiger partial charge in [0.25, 0.3) is 5.91 Å². The minimum atomic E-state index is -0.684. The van der Waals surface area contributed by atoms with Crippen LogP contribution in [0.25, 0.3) is 0 Å². The first-order valence-corrected chi connectivity index (χ1v) is 9.64. The molecular formula is C24H23NO7. The maximum Gasteiger partial charge on any atom is 0.342 e. The molecule has 0 bridgehead atoms. The molecule has 32 heavy (non-hydrogen) atoms. The maximum absolute atomic E-state index is 12.6. The lowest BCUT2D eigenvalue weighted by atomic mass is 10.2. The van der Waals surface area contributed by atoms with Crippen molar-refractivity contribution in [2.45, 2.75) is 0 Å². The molecule has 0 aliphatic carbocycles. The van der Waals surface area contributed by atoms with Crippen molar-refractivity contribution in [1.82, 2.24) is 0 Å². The number of nitrogens with one attached hydrogen (secondary N) is 1. The number of carbonyl (C=O) groups excluding carboxylic acids is 2. The fraction of sp³-hybridized carbons (Fsp3) is 0.167. The van der Waals surface area contributed by atoms with E-state index in [1.54, 1.807) is 48.5 Å². The third-order valence-corrected chi connectivity index (χ3v) is 4.36. The summed E-state index contributed by atoms with van der Waals surface area (Å²) in [4.78, 5) is 24.9. The van der Waals surface area contributed by atoms with Gasteiger partial charge in [-0.05, 0) is 24.3 Å². The summed E-state index contributed by atoms with van der Waals surface area (Å²) in [6, 6.07) is 18.8. The number of rotatable bonds is 9. The molecule has 0 aliphatic heterocycles. The van der Waals surface area contributed by atoms with Crippen LogP contribution in [0.1, 0.15) is 10.4 Å². The predicted octanol–water partition coefficient (Wildman–Crippen LogP) is 4.30. The lowest BCUT2D eigenvalue weighted by Gasteiger charge is -2.15. The number of esters is 1. The summed E-state index contributed by atoms with van der Waals surface area (Å²) in [5.74, 6) is 0.846. The first kappa shape index (κ1) is 22.5. The molecule has 0 fully saturated rings. The molecule has 0 radical (unpaired) electrons. The number of anilines is 1. The van der Waals surface area contributed by atoms with Crippen molar-refractivity contribution in [1.29, 1.82) is 0 Å². The molecule has 1 amide bonds. The number of benzene rings is 3. The van der Waals surface area contributed by atoms with Crippen molar-refractivity contribution in [2.24, 2.45) is 0 Å². The van der Waals surface area contributed by atoms with Crippen LogP contribution in [0.2, 0.25) is 0 Å². The second-order valence-electron chi connectivity index (χ2n) is 6.45. The van der Waals surface area contributed by atoms with Crippen molar-refractivity contribution in [3.63, 3.8) is 0 Å². The molecule has 8 nitrogen and oxygen atoms in total. The number of hydrogen-bond donors (Lipinski definition) is 1. The molecular weight excluding hydrogens is 414 g/mol. The quantitative estimate of drug-likeness (QED) is 0.499. The highest BCUT2D eigenvalue weighted by Crippen LogP contribution is 2.39. The van der Waals surface area contributed by atoms with Crippen molar-refractivity contribution in [3.8, 4) is 28.7 Å². The largest absolute Gasteiger partial charge is 0.493 e. The van der Waals surface area contributed by atoms with E-state index in [1.807, 2.05) is 18.2 Å². The van der Waals surface area contributed by atoms with Crippen LogP contribution in [-0.2, 0) is 9.53 Å². The fourth-order valence-electron chi connectivity index (χ4n) is 2.90. The second-order valence-corrected chi connectivity index (χ2v) is 6.45.